The Kier molecular flexibility index (Phi) is 5.98. The summed E-state index contributed by atoms with van der Waals surface area (Å²) < 4.78 is 5.69. The van der Waals surface area contributed by atoms with Gasteiger partial charge in [-0.25, -0.2) is 0 Å². The van der Waals surface area contributed by atoms with E-state index in [0.29, 0.717) is 17.7 Å². The molecule has 0 aromatic heterocycles. The summed E-state index contributed by atoms with van der Waals surface area (Å²) in [4.78, 5) is 27.6. The molecule has 0 saturated carbocycles. The zero-order valence-electron chi connectivity index (χ0n) is 15.7. The van der Waals surface area contributed by atoms with Crippen molar-refractivity contribution in [3.05, 3.63) is 54.1 Å². The van der Waals surface area contributed by atoms with Crippen molar-refractivity contribution in [3.63, 3.8) is 0 Å². The van der Waals surface area contributed by atoms with Crippen molar-refractivity contribution in [2.75, 3.05) is 29.1 Å². The molecule has 2 fully saturated rings. The van der Waals surface area contributed by atoms with Crippen LogP contribution >= 0.6 is 11.8 Å². The minimum absolute atomic E-state index is 0.138. The van der Waals surface area contributed by atoms with E-state index in [-0.39, 0.29) is 17.9 Å². The first-order valence-corrected chi connectivity index (χ1v) is 10.7. The van der Waals surface area contributed by atoms with Crippen LogP contribution in [0.3, 0.4) is 0 Å². The Bertz CT molecular complexity index is 864. The summed E-state index contributed by atoms with van der Waals surface area (Å²) in [7, 11) is 0. The number of amides is 2. The van der Waals surface area contributed by atoms with Gasteiger partial charge in [0.1, 0.15) is 0 Å². The molecule has 0 radical (unpaired) electrons. The van der Waals surface area contributed by atoms with Crippen molar-refractivity contribution in [2.45, 2.75) is 36.7 Å². The molecule has 2 aliphatic heterocycles. The number of benzene rings is 2. The van der Waals surface area contributed by atoms with Gasteiger partial charge in [0.2, 0.25) is 5.91 Å². The first-order chi connectivity index (χ1) is 13.7. The van der Waals surface area contributed by atoms with Crippen molar-refractivity contribution in [1.29, 1.82) is 0 Å². The second-order valence-electron chi connectivity index (χ2n) is 7.10. The molecule has 0 aliphatic carbocycles. The van der Waals surface area contributed by atoms with Crippen LogP contribution in [-0.2, 0) is 9.53 Å². The third-order valence-corrected chi connectivity index (χ3v) is 6.27. The van der Waals surface area contributed by atoms with E-state index in [1.54, 1.807) is 16.7 Å². The fourth-order valence-corrected chi connectivity index (χ4v) is 4.73. The van der Waals surface area contributed by atoms with Crippen LogP contribution in [0.2, 0.25) is 0 Å². The summed E-state index contributed by atoms with van der Waals surface area (Å²) in [6, 6.07) is 15.2. The molecule has 6 heteroatoms. The molecule has 0 unspecified atom stereocenters. The zero-order valence-corrected chi connectivity index (χ0v) is 16.5. The van der Waals surface area contributed by atoms with E-state index >= 15 is 0 Å². The quantitative estimate of drug-likeness (QED) is 0.738. The minimum Gasteiger partial charge on any atom is -0.377 e. The average molecular weight is 397 g/mol. The molecule has 2 aliphatic rings. The van der Waals surface area contributed by atoms with Crippen LogP contribution in [0.25, 0.3) is 0 Å². The summed E-state index contributed by atoms with van der Waals surface area (Å²) >= 11 is 1.67. The van der Waals surface area contributed by atoms with Crippen LogP contribution in [0.5, 0.6) is 0 Å². The highest BCUT2D eigenvalue weighted by Gasteiger charge is 2.22. The maximum Gasteiger partial charge on any atom is 0.256 e. The van der Waals surface area contributed by atoms with Gasteiger partial charge in [0, 0.05) is 41.6 Å². The monoisotopic (exact) mass is 396 g/mol. The standard InChI is InChI=1S/C22H24N2O3S/c25-21-11-4-12-24(21)17-7-3-6-16(14-17)23-22(26)19-9-1-2-10-20(19)28-15-18-8-5-13-27-18/h1-3,6-7,9-10,14,18H,4-5,8,11-13,15H2,(H,23,26)/t18-/m1/s1. The van der Waals surface area contributed by atoms with E-state index in [1.165, 1.54) is 0 Å². The summed E-state index contributed by atoms with van der Waals surface area (Å²) in [6.07, 6.45) is 3.94. The van der Waals surface area contributed by atoms with E-state index in [4.69, 9.17) is 4.74 Å². The molecule has 1 N–H and O–H groups in total. The van der Waals surface area contributed by atoms with Gasteiger partial charge in [0.25, 0.3) is 5.91 Å². The lowest BCUT2D eigenvalue weighted by Crippen LogP contribution is -2.23. The van der Waals surface area contributed by atoms with Gasteiger partial charge in [0.05, 0.1) is 11.7 Å². The van der Waals surface area contributed by atoms with Crippen molar-refractivity contribution >= 4 is 35.0 Å². The van der Waals surface area contributed by atoms with Gasteiger partial charge in [-0.2, -0.15) is 0 Å². The highest BCUT2D eigenvalue weighted by molar-refractivity contribution is 7.99. The fraction of sp³-hybridized carbons (Fsp3) is 0.364. The number of anilines is 2. The van der Waals surface area contributed by atoms with Crippen LogP contribution in [0.4, 0.5) is 11.4 Å². The molecule has 5 nitrogen and oxygen atoms in total. The number of hydrogen-bond donors (Lipinski definition) is 1. The lowest BCUT2D eigenvalue weighted by atomic mass is 10.2. The second kappa shape index (κ2) is 8.80. The zero-order chi connectivity index (χ0) is 19.3. The van der Waals surface area contributed by atoms with E-state index in [0.717, 1.165) is 48.7 Å². The number of nitrogens with one attached hydrogen (secondary N) is 1. The number of carbonyl (C=O) groups is 2. The lowest BCUT2D eigenvalue weighted by Gasteiger charge is -2.17. The maximum absolute atomic E-state index is 12.9. The molecule has 2 aromatic rings. The predicted octanol–water partition coefficient (Wildman–Crippen LogP) is 4.34. The van der Waals surface area contributed by atoms with E-state index < -0.39 is 0 Å². The number of hydrogen-bond acceptors (Lipinski definition) is 4. The molecule has 2 amide bonds. The Morgan fingerprint density at radius 2 is 2.07 bits per heavy atom. The van der Waals surface area contributed by atoms with Gasteiger partial charge in [0.15, 0.2) is 0 Å². The molecule has 2 aromatic carbocycles. The average Bonchev–Trinajstić information content (AvgIpc) is 3.38. The molecule has 28 heavy (non-hydrogen) atoms. The molecular formula is C22H24N2O3S. The van der Waals surface area contributed by atoms with Gasteiger partial charge in [-0.05, 0) is 49.6 Å². The maximum atomic E-state index is 12.9. The van der Waals surface area contributed by atoms with Crippen LogP contribution < -0.4 is 10.2 Å². The van der Waals surface area contributed by atoms with Crippen LogP contribution in [0.15, 0.2) is 53.4 Å². The Balaban J connectivity index is 1.45. The molecule has 0 bridgehead atoms. The molecule has 1 atom stereocenters. The Morgan fingerprint density at radius 1 is 1.18 bits per heavy atom. The molecular weight excluding hydrogens is 372 g/mol. The molecule has 2 saturated heterocycles. The highest BCUT2D eigenvalue weighted by atomic mass is 32.2. The van der Waals surface area contributed by atoms with Crippen molar-refractivity contribution < 1.29 is 14.3 Å². The first-order valence-electron chi connectivity index (χ1n) is 9.76. The van der Waals surface area contributed by atoms with E-state index in [2.05, 4.69) is 5.32 Å². The third-order valence-electron chi connectivity index (χ3n) is 5.07. The predicted molar refractivity (Wildman–Crippen MR) is 112 cm³/mol. The number of nitrogens with zero attached hydrogens (tertiary/aromatic N) is 1. The van der Waals surface area contributed by atoms with Gasteiger partial charge < -0.3 is 15.0 Å². The van der Waals surface area contributed by atoms with Gasteiger partial charge in [-0.3, -0.25) is 9.59 Å². The first kappa shape index (κ1) is 19.0. The molecule has 2 heterocycles. The van der Waals surface area contributed by atoms with Crippen molar-refractivity contribution in [3.8, 4) is 0 Å². The van der Waals surface area contributed by atoms with Crippen LogP contribution in [-0.4, -0.2) is 36.8 Å². The summed E-state index contributed by atoms with van der Waals surface area (Å²) in [5.74, 6) is 0.858. The molecule has 4 rings (SSSR count). The molecule has 0 spiro atoms. The molecule has 146 valence electrons. The second-order valence-corrected chi connectivity index (χ2v) is 8.16. The van der Waals surface area contributed by atoms with Gasteiger partial charge in [-0.15, -0.1) is 11.8 Å². The topological polar surface area (TPSA) is 58.6 Å². The normalized spacial score (nSPS) is 19.2. The third kappa shape index (κ3) is 4.39. The summed E-state index contributed by atoms with van der Waals surface area (Å²) in [5.41, 5.74) is 2.19. The van der Waals surface area contributed by atoms with Crippen LogP contribution in [0, 0.1) is 0 Å². The van der Waals surface area contributed by atoms with Crippen molar-refractivity contribution in [2.24, 2.45) is 0 Å². The van der Waals surface area contributed by atoms with Crippen molar-refractivity contribution in [1.82, 2.24) is 0 Å². The van der Waals surface area contributed by atoms with Crippen LogP contribution in [0.1, 0.15) is 36.0 Å². The summed E-state index contributed by atoms with van der Waals surface area (Å²) in [5, 5.41) is 2.98. The Labute approximate surface area is 169 Å². The summed E-state index contributed by atoms with van der Waals surface area (Å²) in [6.45, 7) is 1.57. The SMILES string of the molecule is O=C(Nc1cccc(N2CCCC2=O)c1)c1ccccc1SC[C@H]1CCCO1. The Morgan fingerprint density at radius 3 is 2.86 bits per heavy atom. The largest absolute Gasteiger partial charge is 0.377 e. The lowest BCUT2D eigenvalue weighted by molar-refractivity contribution is -0.117. The van der Waals surface area contributed by atoms with E-state index in [1.807, 2.05) is 48.5 Å². The number of thioether (sulfide) groups is 1. The minimum atomic E-state index is -0.139. The smallest absolute Gasteiger partial charge is 0.256 e. The van der Waals surface area contributed by atoms with Gasteiger partial charge >= 0.3 is 0 Å². The number of ether oxygens (including phenoxy) is 1. The number of carbonyl (C=O) groups excluding carboxylic acids is 2. The van der Waals surface area contributed by atoms with Gasteiger partial charge in [-0.1, -0.05) is 18.2 Å². The Hall–Kier alpha value is -2.31. The highest BCUT2D eigenvalue weighted by Crippen LogP contribution is 2.28. The fourth-order valence-electron chi connectivity index (χ4n) is 3.61. The van der Waals surface area contributed by atoms with E-state index in [9.17, 15) is 9.59 Å². The number of rotatable bonds is 6.